The maximum atomic E-state index is 12.0. The molecule has 0 radical (unpaired) electrons. The largest absolute Gasteiger partial charge is 0.345 e. The van der Waals surface area contributed by atoms with Gasteiger partial charge >= 0.3 is 0 Å². The van der Waals surface area contributed by atoms with E-state index >= 15 is 0 Å². The minimum Gasteiger partial charge on any atom is -0.345 e. The first-order chi connectivity index (χ1) is 9.11. The van der Waals surface area contributed by atoms with Gasteiger partial charge in [-0.3, -0.25) is 4.79 Å². The Kier molecular flexibility index (Phi) is 4.55. The van der Waals surface area contributed by atoms with Gasteiger partial charge in [0.2, 0.25) is 0 Å². The molecule has 7 heteroatoms. The Balaban J connectivity index is 2.03. The number of hydrogen-bond donors (Lipinski definition) is 1. The van der Waals surface area contributed by atoms with Crippen LogP contribution in [-0.2, 0) is 13.1 Å². The van der Waals surface area contributed by atoms with E-state index in [9.17, 15) is 4.79 Å². The zero-order valence-electron chi connectivity index (χ0n) is 10.2. The molecule has 1 heterocycles. The Bertz CT molecular complexity index is 599. The van der Waals surface area contributed by atoms with Crippen LogP contribution in [0.2, 0.25) is 5.02 Å². The smallest absolute Gasteiger partial charge is 0.251 e. The third-order valence-electron chi connectivity index (χ3n) is 2.63. The summed E-state index contributed by atoms with van der Waals surface area (Å²) >= 11 is 9.17. The van der Waals surface area contributed by atoms with Crippen molar-refractivity contribution in [3.05, 3.63) is 45.4 Å². The van der Waals surface area contributed by atoms with Gasteiger partial charge in [-0.15, -0.1) is 10.2 Å². The van der Waals surface area contributed by atoms with Crippen molar-refractivity contribution in [1.29, 1.82) is 0 Å². The summed E-state index contributed by atoms with van der Waals surface area (Å²) in [6, 6.07) is 5.03. The van der Waals surface area contributed by atoms with Crippen LogP contribution in [0, 0.1) is 0 Å². The van der Waals surface area contributed by atoms with Crippen molar-refractivity contribution >= 4 is 33.4 Å². The lowest BCUT2D eigenvalue weighted by molar-refractivity contribution is 0.0949. The third-order valence-corrected chi connectivity index (χ3v) is 3.84. The van der Waals surface area contributed by atoms with Gasteiger partial charge in [-0.1, -0.05) is 11.6 Å². The molecule has 100 valence electrons. The fourth-order valence-electron chi connectivity index (χ4n) is 1.58. The first kappa shape index (κ1) is 14.0. The summed E-state index contributed by atoms with van der Waals surface area (Å²) in [5.74, 6) is 0.548. The highest BCUT2D eigenvalue weighted by atomic mass is 79.9. The van der Waals surface area contributed by atoms with Crippen molar-refractivity contribution in [3.8, 4) is 0 Å². The highest BCUT2D eigenvalue weighted by Gasteiger charge is 2.09. The minimum absolute atomic E-state index is 0.178. The topological polar surface area (TPSA) is 59.8 Å². The molecule has 2 rings (SSSR count). The number of aromatic nitrogens is 3. The summed E-state index contributed by atoms with van der Waals surface area (Å²) < 4.78 is 2.57. The number of nitrogens with zero attached hydrogens (tertiary/aromatic N) is 3. The molecular weight excluding hydrogens is 332 g/mol. The summed E-state index contributed by atoms with van der Waals surface area (Å²) in [5, 5.41) is 11.1. The molecule has 1 aromatic carbocycles. The van der Waals surface area contributed by atoms with E-state index in [1.54, 1.807) is 24.5 Å². The zero-order chi connectivity index (χ0) is 13.8. The molecule has 0 spiro atoms. The Morgan fingerprint density at radius 1 is 1.53 bits per heavy atom. The van der Waals surface area contributed by atoms with Crippen LogP contribution in [0.1, 0.15) is 23.1 Å². The van der Waals surface area contributed by atoms with E-state index in [0.29, 0.717) is 21.6 Å². The Labute approximate surface area is 124 Å². The van der Waals surface area contributed by atoms with E-state index in [4.69, 9.17) is 11.6 Å². The van der Waals surface area contributed by atoms with Crippen molar-refractivity contribution in [2.75, 3.05) is 0 Å². The van der Waals surface area contributed by atoms with Crippen molar-refractivity contribution in [1.82, 2.24) is 20.1 Å². The molecule has 1 amide bonds. The van der Waals surface area contributed by atoms with Gasteiger partial charge in [-0.05, 0) is 41.1 Å². The van der Waals surface area contributed by atoms with Crippen LogP contribution >= 0.6 is 27.5 Å². The van der Waals surface area contributed by atoms with Gasteiger partial charge in [0, 0.05) is 16.6 Å². The van der Waals surface area contributed by atoms with Crippen molar-refractivity contribution in [2.45, 2.75) is 20.0 Å². The number of nitrogens with one attached hydrogen (secondary N) is 1. The van der Waals surface area contributed by atoms with Gasteiger partial charge in [-0.25, -0.2) is 0 Å². The Morgan fingerprint density at radius 3 is 3.00 bits per heavy atom. The molecule has 0 aliphatic rings. The maximum Gasteiger partial charge on any atom is 0.251 e. The molecule has 0 aliphatic carbocycles. The van der Waals surface area contributed by atoms with E-state index in [0.717, 1.165) is 12.4 Å². The second-order valence-electron chi connectivity index (χ2n) is 3.84. The lowest BCUT2D eigenvalue weighted by Gasteiger charge is -2.06. The summed E-state index contributed by atoms with van der Waals surface area (Å²) in [6.07, 6.45) is 1.64. The van der Waals surface area contributed by atoms with Crippen LogP contribution < -0.4 is 5.32 Å². The molecule has 0 atom stereocenters. The second kappa shape index (κ2) is 6.16. The molecule has 19 heavy (non-hydrogen) atoms. The van der Waals surface area contributed by atoms with Gasteiger partial charge in [-0.2, -0.15) is 0 Å². The average molecular weight is 344 g/mol. The monoisotopic (exact) mass is 342 g/mol. The molecule has 2 aromatic rings. The van der Waals surface area contributed by atoms with Gasteiger partial charge in [0.05, 0.1) is 11.6 Å². The first-order valence-corrected chi connectivity index (χ1v) is 6.89. The molecule has 0 aliphatic heterocycles. The number of carbonyl (C=O) groups is 1. The summed E-state index contributed by atoms with van der Waals surface area (Å²) in [7, 11) is 0. The Morgan fingerprint density at radius 2 is 2.32 bits per heavy atom. The average Bonchev–Trinajstić information content (AvgIpc) is 2.86. The van der Waals surface area contributed by atoms with Crippen LogP contribution in [0.15, 0.2) is 29.0 Å². The van der Waals surface area contributed by atoms with Crippen molar-refractivity contribution in [2.24, 2.45) is 0 Å². The van der Waals surface area contributed by atoms with Gasteiger partial charge in [0.25, 0.3) is 5.91 Å². The molecule has 0 saturated heterocycles. The number of amides is 1. The van der Waals surface area contributed by atoms with Gasteiger partial charge in [0.1, 0.15) is 6.33 Å². The van der Waals surface area contributed by atoms with Gasteiger partial charge < -0.3 is 9.88 Å². The molecular formula is C12H12BrClN4O. The highest BCUT2D eigenvalue weighted by Crippen LogP contribution is 2.23. The van der Waals surface area contributed by atoms with Crippen LogP contribution in [-0.4, -0.2) is 20.7 Å². The minimum atomic E-state index is -0.178. The van der Waals surface area contributed by atoms with E-state index in [1.165, 1.54) is 0 Å². The first-order valence-electron chi connectivity index (χ1n) is 5.71. The molecule has 0 unspecified atom stereocenters. The number of hydrogen-bond acceptors (Lipinski definition) is 3. The fraction of sp³-hybridized carbons (Fsp3) is 0.250. The van der Waals surface area contributed by atoms with Crippen molar-refractivity contribution < 1.29 is 4.79 Å². The number of halogens is 2. The molecule has 0 saturated carbocycles. The van der Waals surface area contributed by atoms with E-state index in [-0.39, 0.29) is 5.91 Å². The SMILES string of the molecule is CCn1cnnc1CNC(=O)c1ccc(Cl)c(Br)c1. The molecule has 0 bridgehead atoms. The second-order valence-corrected chi connectivity index (χ2v) is 5.11. The molecule has 1 N–H and O–H groups in total. The number of aryl methyl sites for hydroxylation is 1. The Hall–Kier alpha value is -1.40. The van der Waals surface area contributed by atoms with E-state index in [1.807, 2.05) is 11.5 Å². The van der Waals surface area contributed by atoms with Crippen LogP contribution in [0.3, 0.4) is 0 Å². The lowest BCUT2D eigenvalue weighted by atomic mass is 10.2. The highest BCUT2D eigenvalue weighted by molar-refractivity contribution is 9.10. The fourth-order valence-corrected chi connectivity index (χ4v) is 2.08. The summed E-state index contributed by atoms with van der Waals surface area (Å²) in [6.45, 7) is 3.10. The van der Waals surface area contributed by atoms with E-state index < -0.39 is 0 Å². The third kappa shape index (κ3) is 3.33. The zero-order valence-corrected chi connectivity index (χ0v) is 12.6. The maximum absolute atomic E-state index is 12.0. The van der Waals surface area contributed by atoms with Crippen LogP contribution in [0.4, 0.5) is 0 Å². The normalized spacial score (nSPS) is 10.5. The summed E-state index contributed by atoms with van der Waals surface area (Å²) in [5.41, 5.74) is 0.541. The number of carbonyl (C=O) groups excluding carboxylic acids is 1. The van der Waals surface area contributed by atoms with Gasteiger partial charge in [0.15, 0.2) is 5.82 Å². The molecule has 5 nitrogen and oxygen atoms in total. The quantitative estimate of drug-likeness (QED) is 0.928. The standard InChI is InChI=1S/C12H12BrClN4O/c1-2-18-7-16-17-11(18)6-15-12(19)8-3-4-10(14)9(13)5-8/h3-5,7H,2,6H2,1H3,(H,15,19). The number of rotatable bonds is 4. The van der Waals surface area contributed by atoms with Crippen molar-refractivity contribution in [3.63, 3.8) is 0 Å². The lowest BCUT2D eigenvalue weighted by Crippen LogP contribution is -2.24. The van der Waals surface area contributed by atoms with Crippen LogP contribution in [0.5, 0.6) is 0 Å². The molecule has 1 aromatic heterocycles. The van der Waals surface area contributed by atoms with Crippen LogP contribution in [0.25, 0.3) is 0 Å². The predicted molar refractivity (Wildman–Crippen MR) is 76.0 cm³/mol. The predicted octanol–water partition coefficient (Wildman–Crippen LogP) is 2.64. The molecule has 0 fully saturated rings. The summed E-state index contributed by atoms with van der Waals surface area (Å²) in [4.78, 5) is 12.0. The van der Waals surface area contributed by atoms with E-state index in [2.05, 4.69) is 31.4 Å². The number of benzene rings is 1.